The van der Waals surface area contributed by atoms with Crippen LogP contribution in [0, 0.1) is 12.7 Å². The summed E-state index contributed by atoms with van der Waals surface area (Å²) < 4.78 is 20.6. The second-order valence-corrected chi connectivity index (χ2v) is 11.3. The molecule has 0 saturated carbocycles. The van der Waals surface area contributed by atoms with Crippen molar-refractivity contribution in [2.45, 2.75) is 19.9 Å². The lowest BCUT2D eigenvalue weighted by Crippen LogP contribution is -2.18. The predicted molar refractivity (Wildman–Crippen MR) is 171 cm³/mol. The van der Waals surface area contributed by atoms with Crippen molar-refractivity contribution in [3.8, 4) is 27.3 Å². The summed E-state index contributed by atoms with van der Waals surface area (Å²) in [6.45, 7) is 2.31. The van der Waals surface area contributed by atoms with Crippen molar-refractivity contribution in [2.24, 2.45) is 5.73 Å². The fourth-order valence-corrected chi connectivity index (χ4v) is 6.12. The van der Waals surface area contributed by atoms with E-state index in [1.165, 1.54) is 29.5 Å². The molecular formula is C34H27FN4O5S. The molecule has 3 aromatic carbocycles. The smallest absolute Gasteiger partial charge is 0.355 e. The first-order valence-corrected chi connectivity index (χ1v) is 14.9. The van der Waals surface area contributed by atoms with Crippen LogP contribution in [0.15, 0.2) is 78.2 Å². The van der Waals surface area contributed by atoms with Gasteiger partial charge in [0.2, 0.25) is 0 Å². The lowest BCUT2D eigenvalue weighted by Gasteiger charge is -2.17. The summed E-state index contributed by atoms with van der Waals surface area (Å²) in [5.41, 5.74) is 9.06. The number of carboxylic acids is 1. The van der Waals surface area contributed by atoms with Crippen molar-refractivity contribution in [1.82, 2.24) is 4.98 Å². The molecule has 6 rings (SSSR count). The van der Waals surface area contributed by atoms with Crippen molar-refractivity contribution >= 4 is 40.5 Å². The molecule has 5 aromatic rings. The number of thiophene rings is 1. The van der Waals surface area contributed by atoms with Crippen LogP contribution in [0.4, 0.5) is 15.8 Å². The number of halogens is 1. The van der Waals surface area contributed by atoms with Gasteiger partial charge in [-0.25, -0.2) is 14.2 Å². The first-order valence-electron chi connectivity index (χ1n) is 14.0. The minimum atomic E-state index is -1.42. The van der Waals surface area contributed by atoms with Crippen LogP contribution in [0.2, 0.25) is 0 Å². The highest BCUT2D eigenvalue weighted by Gasteiger charge is 2.27. The van der Waals surface area contributed by atoms with Crippen molar-refractivity contribution in [2.75, 3.05) is 17.2 Å². The normalized spacial score (nSPS) is 11.9. The molecule has 3 heterocycles. The number of carbonyl (C=O) groups excluding carboxylic acids is 2. The fraction of sp³-hybridized carbons (Fsp3) is 0.118. The largest absolute Gasteiger partial charge is 0.493 e. The van der Waals surface area contributed by atoms with E-state index in [9.17, 15) is 23.9 Å². The maximum absolute atomic E-state index is 14.5. The predicted octanol–water partition coefficient (Wildman–Crippen LogP) is 6.52. The van der Waals surface area contributed by atoms with E-state index < -0.39 is 29.3 Å². The molecule has 0 bridgehead atoms. The summed E-state index contributed by atoms with van der Waals surface area (Å²) in [6.07, 6.45) is 0.672. The first-order chi connectivity index (χ1) is 21.7. The van der Waals surface area contributed by atoms with Crippen LogP contribution in [-0.2, 0) is 13.0 Å². The summed E-state index contributed by atoms with van der Waals surface area (Å²) in [7, 11) is 0. The summed E-state index contributed by atoms with van der Waals surface area (Å²) in [5.74, 6) is -2.80. The van der Waals surface area contributed by atoms with Gasteiger partial charge >= 0.3 is 5.97 Å². The molecule has 2 aromatic heterocycles. The van der Waals surface area contributed by atoms with Gasteiger partial charge in [0, 0.05) is 45.8 Å². The molecule has 45 heavy (non-hydrogen) atoms. The molecule has 1 aliphatic rings. The molecule has 9 nitrogen and oxygen atoms in total. The number of fused-ring (bicyclic) bond motifs is 3. The maximum atomic E-state index is 14.5. The van der Waals surface area contributed by atoms with Crippen LogP contribution in [0.5, 0.6) is 5.75 Å². The molecule has 1 aliphatic heterocycles. The highest BCUT2D eigenvalue weighted by atomic mass is 32.1. The molecule has 5 N–H and O–H groups in total. The van der Waals surface area contributed by atoms with Crippen molar-refractivity contribution in [1.29, 1.82) is 0 Å². The van der Waals surface area contributed by atoms with E-state index in [1.54, 1.807) is 55.5 Å². The third-order valence-electron chi connectivity index (χ3n) is 7.49. The number of aryl methyl sites for hydroxylation is 1. The number of hydrogen-bond acceptors (Lipinski definition) is 7. The molecule has 0 fully saturated rings. The molecule has 11 heteroatoms. The van der Waals surface area contributed by atoms with E-state index in [-0.39, 0.29) is 28.1 Å². The Balaban J connectivity index is 1.45. The Bertz CT molecular complexity index is 1970. The van der Waals surface area contributed by atoms with Gasteiger partial charge in [0.1, 0.15) is 17.3 Å². The van der Waals surface area contributed by atoms with Gasteiger partial charge < -0.3 is 26.2 Å². The van der Waals surface area contributed by atoms with Gasteiger partial charge in [0.15, 0.2) is 5.69 Å². The molecular weight excluding hydrogens is 595 g/mol. The second-order valence-electron chi connectivity index (χ2n) is 10.4. The van der Waals surface area contributed by atoms with E-state index in [0.717, 1.165) is 16.0 Å². The topological polar surface area (TPSA) is 144 Å². The molecule has 0 aliphatic carbocycles. The van der Waals surface area contributed by atoms with E-state index in [2.05, 4.69) is 15.6 Å². The number of benzene rings is 3. The molecule has 0 saturated heterocycles. The number of amides is 2. The molecule has 0 unspecified atom stereocenters. The Hall–Kier alpha value is -5.39. The number of nitrogens with one attached hydrogen (secondary N) is 2. The number of hydrogen-bond donors (Lipinski definition) is 4. The number of rotatable bonds is 7. The standard InChI is InChI=1S/C34H27FN4O5S/c1-18-3-2-4-26(29(18)35)39-33(41)27-10-9-22(30(38-27)34(42)43)23-16-28-25(31-20(11-13-44-28)12-14-45-31)15-24(23)32(40)37-21-7-5-19(17-36)6-8-21/h2-10,12,14-16H,11,13,17,36H2,1H3,(H,37,40)(H,39,41)(H,42,43). The number of carboxylic acid groups (broad SMARTS) is 1. The molecule has 0 radical (unpaired) electrons. The SMILES string of the molecule is Cc1cccc(NC(=O)c2ccc(-c3cc4c(cc3C(=O)Nc3ccc(CN)cc3)-c3sccc3CCO4)c(C(=O)O)n2)c1F. The van der Waals surface area contributed by atoms with Crippen molar-refractivity contribution in [3.05, 3.63) is 118 Å². The number of anilines is 2. The molecule has 0 atom stereocenters. The van der Waals surface area contributed by atoms with Gasteiger partial charge in [0.25, 0.3) is 11.8 Å². The van der Waals surface area contributed by atoms with Crippen molar-refractivity contribution < 1.29 is 28.6 Å². The Morgan fingerprint density at radius 1 is 0.978 bits per heavy atom. The Labute approximate surface area is 261 Å². The third-order valence-corrected chi connectivity index (χ3v) is 8.48. The lowest BCUT2D eigenvalue weighted by molar-refractivity contribution is 0.0691. The Morgan fingerprint density at radius 3 is 2.53 bits per heavy atom. The maximum Gasteiger partial charge on any atom is 0.355 e. The zero-order valence-corrected chi connectivity index (χ0v) is 24.8. The van der Waals surface area contributed by atoms with E-state index in [4.69, 9.17) is 10.5 Å². The number of ether oxygens (including phenoxy) is 1. The van der Waals surface area contributed by atoms with Gasteiger partial charge in [-0.1, -0.05) is 24.3 Å². The number of carbonyl (C=O) groups is 3. The number of pyridine rings is 1. The quantitative estimate of drug-likeness (QED) is 0.162. The number of nitrogens with two attached hydrogens (primary N) is 1. The summed E-state index contributed by atoms with van der Waals surface area (Å²) in [4.78, 5) is 44.5. The zero-order chi connectivity index (χ0) is 31.7. The fourth-order valence-electron chi connectivity index (χ4n) is 5.15. The van der Waals surface area contributed by atoms with Crippen LogP contribution in [-0.4, -0.2) is 34.5 Å². The average molecular weight is 623 g/mol. The monoisotopic (exact) mass is 622 g/mol. The molecule has 2 amide bonds. The van der Waals surface area contributed by atoms with E-state index in [1.807, 2.05) is 11.4 Å². The minimum Gasteiger partial charge on any atom is -0.493 e. The second kappa shape index (κ2) is 12.3. The van der Waals surface area contributed by atoms with Gasteiger partial charge in [0.05, 0.1) is 12.3 Å². The van der Waals surface area contributed by atoms with Crippen LogP contribution in [0.25, 0.3) is 21.6 Å². The number of aromatic carboxylic acids is 1. The summed E-state index contributed by atoms with van der Waals surface area (Å²) in [5, 5.41) is 17.5. The van der Waals surface area contributed by atoms with Crippen LogP contribution in [0.3, 0.4) is 0 Å². The van der Waals surface area contributed by atoms with Gasteiger partial charge in [-0.15, -0.1) is 11.3 Å². The van der Waals surface area contributed by atoms with Crippen LogP contribution >= 0.6 is 11.3 Å². The molecule has 0 spiro atoms. The Kier molecular flexibility index (Phi) is 8.12. The van der Waals surface area contributed by atoms with Crippen LogP contribution in [0.1, 0.15) is 48.0 Å². The molecule has 226 valence electrons. The summed E-state index contributed by atoms with van der Waals surface area (Å²) >= 11 is 1.53. The van der Waals surface area contributed by atoms with Gasteiger partial charge in [-0.3, -0.25) is 9.59 Å². The average Bonchev–Trinajstić information content (AvgIpc) is 3.44. The Morgan fingerprint density at radius 2 is 1.78 bits per heavy atom. The number of aromatic nitrogens is 1. The lowest BCUT2D eigenvalue weighted by atomic mass is 9.93. The van der Waals surface area contributed by atoms with Gasteiger partial charge in [-0.05, 0) is 77.5 Å². The third kappa shape index (κ3) is 5.91. The van der Waals surface area contributed by atoms with E-state index in [0.29, 0.717) is 42.1 Å². The van der Waals surface area contributed by atoms with Crippen molar-refractivity contribution in [3.63, 3.8) is 0 Å². The van der Waals surface area contributed by atoms with E-state index >= 15 is 0 Å². The number of nitrogens with zero attached hydrogens (tertiary/aromatic N) is 1. The van der Waals surface area contributed by atoms with Crippen LogP contribution < -0.4 is 21.1 Å². The first kappa shape index (κ1) is 29.7. The summed E-state index contributed by atoms with van der Waals surface area (Å²) in [6, 6.07) is 19.7. The minimum absolute atomic E-state index is 0.0583. The zero-order valence-electron chi connectivity index (χ0n) is 24.0. The van der Waals surface area contributed by atoms with Gasteiger partial charge in [-0.2, -0.15) is 0 Å². The highest BCUT2D eigenvalue weighted by molar-refractivity contribution is 7.13. The highest BCUT2D eigenvalue weighted by Crippen LogP contribution is 2.43.